The Balaban J connectivity index is 1.49. The van der Waals surface area contributed by atoms with E-state index < -0.39 is 91.1 Å². The van der Waals surface area contributed by atoms with Crippen molar-refractivity contribution in [2.75, 3.05) is 45.7 Å². The predicted octanol–water partition coefficient (Wildman–Crippen LogP) is -1.33. The first kappa shape index (κ1) is 48.6. The Hall–Kier alpha value is -5.74. The molecule has 0 aliphatic carbocycles. The molecule has 10 N–H and O–H groups in total. The molecule has 0 spiro atoms. The number of primary amides is 1. The summed E-state index contributed by atoms with van der Waals surface area (Å²) >= 11 is 0. The van der Waals surface area contributed by atoms with Gasteiger partial charge >= 0.3 is 30.0 Å². The topological polar surface area (TPSA) is 312 Å². The molecule has 2 aliphatic rings. The van der Waals surface area contributed by atoms with Gasteiger partial charge in [-0.25, -0.2) is 14.4 Å². The number of nitrogens with one attached hydrogen (secondary N) is 5. The molecule has 22 nitrogen and oxygen atoms in total. The first-order valence-corrected chi connectivity index (χ1v) is 19.8. The van der Waals surface area contributed by atoms with Gasteiger partial charge in [0.1, 0.15) is 49.8 Å². The predicted molar refractivity (Wildman–Crippen MR) is 212 cm³/mol. The highest BCUT2D eigenvalue weighted by molar-refractivity contribution is 6.37. The summed E-state index contributed by atoms with van der Waals surface area (Å²) in [6, 6.07) is 2.44. The van der Waals surface area contributed by atoms with E-state index in [-0.39, 0.29) is 50.9 Å². The largest absolute Gasteiger partial charge is 0.447 e. The molecule has 22 heteroatoms. The molecule has 7 atom stereocenters. The molecule has 3 rings (SSSR count). The van der Waals surface area contributed by atoms with E-state index in [0.717, 1.165) is 22.6 Å². The van der Waals surface area contributed by atoms with E-state index in [4.69, 9.17) is 15.2 Å². The molecule has 2 unspecified atom stereocenters. The summed E-state index contributed by atoms with van der Waals surface area (Å²) in [4.78, 5) is 103. The maximum absolute atomic E-state index is 13.4. The van der Waals surface area contributed by atoms with Crippen LogP contribution in [-0.4, -0.2) is 161 Å². The lowest BCUT2D eigenvalue weighted by molar-refractivity contribution is -0.175. The van der Waals surface area contributed by atoms with E-state index in [9.17, 15) is 53.7 Å². The molecule has 60 heavy (non-hydrogen) atoms. The van der Waals surface area contributed by atoms with Crippen LogP contribution >= 0.6 is 0 Å². The molecule has 0 radical (unpaired) electrons. The summed E-state index contributed by atoms with van der Waals surface area (Å²) in [5.41, 5.74) is 6.10. The maximum Gasteiger partial charge on any atom is 0.409 e. The number of carbonyl (C=O) groups is 8. The first-order chi connectivity index (χ1) is 28.4. The van der Waals surface area contributed by atoms with Crippen LogP contribution in [0, 0.1) is 5.92 Å². The molecule has 9 amide bonds. The number of amides is 9. The number of piperidine rings is 1. The van der Waals surface area contributed by atoms with Crippen LogP contribution in [0.3, 0.4) is 0 Å². The number of likely N-dealkylation sites (N-methyl/N-ethyl adjacent to an activating group) is 2. The number of anilines is 1. The Labute approximate surface area is 347 Å². The fourth-order valence-corrected chi connectivity index (χ4v) is 6.36. The monoisotopic (exact) mass is 849 g/mol. The molecule has 0 saturated carbocycles. The number of carbonyl (C=O) groups excluding carboxylic acids is 8. The van der Waals surface area contributed by atoms with Crippen LogP contribution in [0.2, 0.25) is 0 Å². The molecule has 2 heterocycles. The number of ether oxygens (including phenoxy) is 2. The molecule has 1 aromatic rings. The van der Waals surface area contributed by atoms with Crippen LogP contribution in [0.15, 0.2) is 24.3 Å². The third kappa shape index (κ3) is 13.9. The number of fused-ring (bicyclic) bond motifs is 1. The summed E-state index contributed by atoms with van der Waals surface area (Å²) in [6.07, 6.45) is -4.76. The van der Waals surface area contributed by atoms with E-state index in [1.807, 2.05) is 6.92 Å². The minimum atomic E-state index is -1.72. The van der Waals surface area contributed by atoms with E-state index in [2.05, 4.69) is 26.6 Å². The maximum atomic E-state index is 13.4. The Morgan fingerprint density at radius 2 is 1.50 bits per heavy atom. The second kappa shape index (κ2) is 23.2. The van der Waals surface area contributed by atoms with E-state index in [0.29, 0.717) is 24.1 Å². The number of aliphatic hydroxyl groups is 3. The van der Waals surface area contributed by atoms with Crippen molar-refractivity contribution in [1.82, 2.24) is 36.0 Å². The number of hydrogen-bond acceptors (Lipinski definition) is 13. The van der Waals surface area contributed by atoms with Gasteiger partial charge in [-0.05, 0) is 42.9 Å². The van der Waals surface area contributed by atoms with Gasteiger partial charge in [0.15, 0.2) is 0 Å². The smallest absolute Gasteiger partial charge is 0.409 e. The van der Waals surface area contributed by atoms with Gasteiger partial charge in [0.25, 0.3) is 0 Å². The SMILES string of the molecule is CCCCCC(=O)NC(C(=O)NC(CCCNC(N)=O)C(=O)Nc1ccc(COC(=O)N(C)CCN(C)C(=O)OC[C@@H]2[C@@H](O)[C@H](O)[C@H](O)[C@H]3NC(=O)C(=O)N23)cc1)C(C)C. The lowest BCUT2D eigenvalue weighted by atomic mass is 9.92. The van der Waals surface area contributed by atoms with Crippen molar-refractivity contribution in [3.05, 3.63) is 29.8 Å². The molecule has 334 valence electrons. The number of aliphatic hydroxyl groups excluding tert-OH is 3. The van der Waals surface area contributed by atoms with Crippen LogP contribution in [0.4, 0.5) is 20.1 Å². The Bertz CT molecular complexity index is 1680. The number of benzene rings is 1. The van der Waals surface area contributed by atoms with Crippen LogP contribution in [0.25, 0.3) is 0 Å². The zero-order valence-electron chi connectivity index (χ0n) is 34.5. The van der Waals surface area contributed by atoms with E-state index in [1.54, 1.807) is 38.1 Å². The Kier molecular flexibility index (Phi) is 18.8. The van der Waals surface area contributed by atoms with Gasteiger partial charge in [-0.3, -0.25) is 24.0 Å². The quantitative estimate of drug-likeness (QED) is 0.0512. The number of nitrogens with zero attached hydrogens (tertiary/aromatic N) is 3. The minimum absolute atomic E-state index is 0.0109. The van der Waals surface area contributed by atoms with Gasteiger partial charge in [-0.15, -0.1) is 0 Å². The summed E-state index contributed by atoms with van der Waals surface area (Å²) in [6.45, 7) is 5.01. The normalized spacial score (nSPS) is 20.6. The fourth-order valence-electron chi connectivity index (χ4n) is 6.36. The van der Waals surface area contributed by atoms with Gasteiger partial charge in [0.05, 0.1) is 6.04 Å². The molecule has 0 bridgehead atoms. The van der Waals surface area contributed by atoms with Gasteiger partial charge in [0.2, 0.25) is 17.7 Å². The van der Waals surface area contributed by atoms with Crippen molar-refractivity contribution in [1.29, 1.82) is 0 Å². The van der Waals surface area contributed by atoms with Gasteiger partial charge < -0.3 is 71.8 Å². The molecule has 0 aromatic heterocycles. The third-order valence-electron chi connectivity index (χ3n) is 10.0. The zero-order chi connectivity index (χ0) is 44.7. The Morgan fingerprint density at radius 3 is 2.10 bits per heavy atom. The molecule has 1 aromatic carbocycles. The van der Waals surface area contributed by atoms with Crippen molar-refractivity contribution in [2.24, 2.45) is 11.7 Å². The average Bonchev–Trinajstić information content (AvgIpc) is 3.51. The van der Waals surface area contributed by atoms with Crippen LogP contribution in [-0.2, 0) is 40.1 Å². The van der Waals surface area contributed by atoms with E-state index in [1.165, 1.54) is 19.0 Å². The number of unbranched alkanes of at least 4 members (excludes halogenated alkanes) is 2. The molecule has 2 aliphatic heterocycles. The minimum Gasteiger partial charge on any atom is -0.447 e. The number of rotatable bonds is 21. The first-order valence-electron chi connectivity index (χ1n) is 19.8. The highest BCUT2D eigenvalue weighted by Crippen LogP contribution is 2.27. The molecular formula is C38H59N9O13. The summed E-state index contributed by atoms with van der Waals surface area (Å²) in [5, 5.41) is 43.7. The summed E-state index contributed by atoms with van der Waals surface area (Å²) < 4.78 is 10.6. The lowest BCUT2D eigenvalue weighted by Gasteiger charge is -2.44. The highest BCUT2D eigenvalue weighted by Gasteiger charge is 2.55. The second-order valence-corrected chi connectivity index (χ2v) is 15.1. The van der Waals surface area contributed by atoms with Crippen LogP contribution in [0.1, 0.15) is 64.9 Å². The third-order valence-corrected chi connectivity index (χ3v) is 10.0. The van der Waals surface area contributed by atoms with Crippen molar-refractivity contribution < 1.29 is 63.1 Å². The van der Waals surface area contributed by atoms with Crippen molar-refractivity contribution in [3.63, 3.8) is 0 Å². The average molecular weight is 850 g/mol. The van der Waals surface area contributed by atoms with Gasteiger partial charge in [0, 0.05) is 45.8 Å². The molecule has 2 saturated heterocycles. The van der Waals surface area contributed by atoms with Crippen molar-refractivity contribution >= 4 is 53.4 Å². The van der Waals surface area contributed by atoms with Gasteiger partial charge in [-0.2, -0.15) is 0 Å². The van der Waals surface area contributed by atoms with Crippen LogP contribution in [0.5, 0.6) is 0 Å². The number of urea groups is 1. The lowest BCUT2D eigenvalue weighted by Crippen LogP contribution is -2.68. The molecule has 2 fully saturated rings. The zero-order valence-corrected chi connectivity index (χ0v) is 34.5. The van der Waals surface area contributed by atoms with Crippen molar-refractivity contribution in [3.8, 4) is 0 Å². The molecular weight excluding hydrogens is 790 g/mol. The highest BCUT2D eigenvalue weighted by atomic mass is 16.6. The standard InChI is InChI=1S/C38H59N9O13/c1-6-7-8-11-26(48)43-27(21(2)3)33(53)42-24(10-9-16-40-36(39)56)32(52)41-23-14-12-22(13-15-23)19-59-37(57)45(4)17-18-46(5)38(58)60-20-25-28(49)29(50)30(51)31-44-34(54)35(55)47(25)31/h12-15,21,24-25,27-31,49-51H,6-11,16-20H2,1-5H3,(H,41,52)(H,42,53)(H,43,48)(H,44,54)(H3,39,40,56)/t24?,25-,27?,28-,29+,30+,31+/m1/s1. The Morgan fingerprint density at radius 1 is 0.867 bits per heavy atom. The van der Waals surface area contributed by atoms with Crippen molar-refractivity contribution in [2.45, 2.75) is 109 Å². The van der Waals surface area contributed by atoms with E-state index >= 15 is 0 Å². The fraction of sp³-hybridized carbons (Fsp3) is 0.632. The van der Waals surface area contributed by atoms with Gasteiger partial charge in [-0.1, -0.05) is 45.7 Å². The number of hydrogen-bond donors (Lipinski definition) is 9. The number of nitrogens with two attached hydrogens (primary N) is 1. The summed E-state index contributed by atoms with van der Waals surface area (Å²) in [5.74, 6) is -3.69. The second-order valence-electron chi connectivity index (χ2n) is 15.1. The summed E-state index contributed by atoms with van der Waals surface area (Å²) in [7, 11) is 2.82. The van der Waals surface area contributed by atoms with Crippen LogP contribution < -0.4 is 32.3 Å².